The van der Waals surface area contributed by atoms with E-state index in [1.165, 1.54) is 4.79 Å². The third-order valence-electron chi connectivity index (χ3n) is 2.47. The molecule has 0 atom stereocenters. The molecular formula is C10H13BrN6O2. The molecule has 1 aromatic heterocycles. The molecule has 19 heavy (non-hydrogen) atoms. The van der Waals surface area contributed by atoms with Crippen LogP contribution in [0.2, 0.25) is 0 Å². The average Bonchev–Trinajstić information content (AvgIpc) is 2.82. The van der Waals surface area contributed by atoms with E-state index in [9.17, 15) is 0 Å². The van der Waals surface area contributed by atoms with E-state index in [1.54, 1.807) is 14.2 Å². The molecule has 0 aliphatic heterocycles. The fraction of sp³-hybridized carbons (Fsp3) is 0.300. The van der Waals surface area contributed by atoms with Gasteiger partial charge in [0, 0.05) is 4.47 Å². The summed E-state index contributed by atoms with van der Waals surface area (Å²) in [6.45, 7) is 0.468. The molecule has 0 spiro atoms. The number of nitrogen functional groups attached to an aromatic ring is 1. The Kier molecular flexibility index (Phi) is 4.05. The first-order chi connectivity index (χ1) is 9.15. The lowest BCUT2D eigenvalue weighted by atomic mass is 10.2. The van der Waals surface area contributed by atoms with Gasteiger partial charge < -0.3 is 20.6 Å². The normalized spacial score (nSPS) is 10.3. The quantitative estimate of drug-likeness (QED) is 0.836. The highest BCUT2D eigenvalue weighted by Gasteiger charge is 2.10. The van der Waals surface area contributed by atoms with Crippen LogP contribution in [0.15, 0.2) is 16.6 Å². The van der Waals surface area contributed by atoms with Crippen molar-refractivity contribution < 1.29 is 9.47 Å². The minimum atomic E-state index is 0.191. The molecule has 0 amide bonds. The first-order valence-electron chi connectivity index (χ1n) is 5.34. The van der Waals surface area contributed by atoms with Gasteiger partial charge in [-0.15, -0.1) is 4.79 Å². The van der Waals surface area contributed by atoms with Crippen LogP contribution in [-0.4, -0.2) is 34.5 Å². The van der Waals surface area contributed by atoms with Crippen LogP contribution in [0, 0.1) is 0 Å². The van der Waals surface area contributed by atoms with Gasteiger partial charge in [0.15, 0.2) is 11.5 Å². The monoisotopic (exact) mass is 328 g/mol. The predicted octanol–water partition coefficient (Wildman–Crippen LogP) is 0.779. The number of halogens is 1. The molecule has 0 radical (unpaired) electrons. The lowest BCUT2D eigenvalue weighted by molar-refractivity contribution is 0.354. The maximum absolute atomic E-state index is 5.55. The zero-order chi connectivity index (χ0) is 13.8. The van der Waals surface area contributed by atoms with Crippen LogP contribution in [0.25, 0.3) is 0 Å². The second-order valence-corrected chi connectivity index (χ2v) is 4.44. The minimum Gasteiger partial charge on any atom is -0.493 e. The zero-order valence-electron chi connectivity index (χ0n) is 10.4. The molecule has 0 saturated carbocycles. The first-order valence-corrected chi connectivity index (χ1v) is 6.13. The molecule has 0 bridgehead atoms. The van der Waals surface area contributed by atoms with Crippen LogP contribution in [0.1, 0.15) is 5.56 Å². The fourth-order valence-corrected chi connectivity index (χ4v) is 1.96. The summed E-state index contributed by atoms with van der Waals surface area (Å²) in [4.78, 5) is 1.29. The second kappa shape index (κ2) is 5.74. The predicted molar refractivity (Wildman–Crippen MR) is 72.5 cm³/mol. The van der Waals surface area contributed by atoms with Gasteiger partial charge in [-0.3, -0.25) is 0 Å². The van der Waals surface area contributed by atoms with Crippen molar-refractivity contribution in [2.75, 3.05) is 25.4 Å². The van der Waals surface area contributed by atoms with E-state index < -0.39 is 0 Å². The average molecular weight is 329 g/mol. The molecule has 0 aliphatic carbocycles. The van der Waals surface area contributed by atoms with E-state index >= 15 is 0 Å². The van der Waals surface area contributed by atoms with Crippen molar-refractivity contribution in [3.63, 3.8) is 0 Å². The number of anilines is 1. The number of hydrogen-bond donors (Lipinski definition) is 2. The number of tetrazole rings is 1. The maximum atomic E-state index is 5.55. The maximum Gasteiger partial charge on any atom is 0.260 e. The van der Waals surface area contributed by atoms with Crippen molar-refractivity contribution in [1.82, 2.24) is 20.3 Å². The van der Waals surface area contributed by atoms with Crippen molar-refractivity contribution in [2.24, 2.45) is 0 Å². The lowest BCUT2D eigenvalue weighted by Crippen LogP contribution is -2.18. The van der Waals surface area contributed by atoms with Crippen LogP contribution >= 0.6 is 15.9 Å². The van der Waals surface area contributed by atoms with E-state index in [2.05, 4.69) is 36.9 Å². The Morgan fingerprint density at radius 2 is 2.00 bits per heavy atom. The van der Waals surface area contributed by atoms with Gasteiger partial charge >= 0.3 is 0 Å². The Bertz CT molecular complexity index is 573. The van der Waals surface area contributed by atoms with Crippen LogP contribution in [0.5, 0.6) is 11.5 Å². The summed E-state index contributed by atoms with van der Waals surface area (Å²) < 4.78 is 11.3. The summed E-state index contributed by atoms with van der Waals surface area (Å²) in [5.74, 6) is 1.49. The Morgan fingerprint density at radius 1 is 1.32 bits per heavy atom. The van der Waals surface area contributed by atoms with E-state index in [1.807, 2.05) is 12.1 Å². The van der Waals surface area contributed by atoms with Crippen molar-refractivity contribution in [2.45, 2.75) is 6.54 Å². The summed E-state index contributed by atoms with van der Waals surface area (Å²) in [7, 11) is 3.17. The van der Waals surface area contributed by atoms with Crippen molar-refractivity contribution in [1.29, 1.82) is 0 Å². The Balaban J connectivity index is 2.18. The summed E-state index contributed by atoms with van der Waals surface area (Å²) in [6.07, 6.45) is 0. The van der Waals surface area contributed by atoms with Gasteiger partial charge in [0.1, 0.15) is 0 Å². The third-order valence-corrected chi connectivity index (χ3v) is 3.20. The number of methoxy groups -OCH3 is 2. The number of nitrogens with one attached hydrogen (secondary N) is 1. The van der Waals surface area contributed by atoms with Crippen molar-refractivity contribution in [3.8, 4) is 11.5 Å². The molecule has 1 aromatic carbocycles. The number of hydrogen-bond acceptors (Lipinski definition) is 7. The Labute approximate surface area is 118 Å². The Morgan fingerprint density at radius 3 is 2.58 bits per heavy atom. The second-order valence-electron chi connectivity index (χ2n) is 3.58. The standard InChI is InChI=1S/C10H13BrN6O2/c1-18-8-3-6(7(11)4-9(8)19-2)5-13-17-10(12)14-15-16-17/h3-4,13H,5H2,1-2H3,(H2,12,14,16). The van der Waals surface area contributed by atoms with E-state index in [-0.39, 0.29) is 5.95 Å². The third kappa shape index (κ3) is 2.87. The number of benzene rings is 1. The summed E-state index contributed by atoms with van der Waals surface area (Å²) in [5.41, 5.74) is 9.47. The number of rotatable bonds is 5. The molecule has 0 aliphatic rings. The molecule has 3 N–H and O–H groups in total. The molecule has 1 heterocycles. The van der Waals surface area contributed by atoms with Gasteiger partial charge in [-0.25, -0.2) is 0 Å². The number of nitrogens with zero attached hydrogens (tertiary/aromatic N) is 4. The first kappa shape index (κ1) is 13.4. The highest BCUT2D eigenvalue weighted by molar-refractivity contribution is 9.10. The summed E-state index contributed by atoms with van der Waals surface area (Å²) >= 11 is 3.47. The van der Waals surface area contributed by atoms with E-state index in [0.29, 0.717) is 18.0 Å². The number of nitrogens with two attached hydrogens (primary N) is 1. The molecule has 102 valence electrons. The van der Waals surface area contributed by atoms with Crippen molar-refractivity contribution >= 4 is 21.9 Å². The molecule has 8 nitrogen and oxygen atoms in total. The van der Waals surface area contributed by atoms with Gasteiger partial charge in [-0.1, -0.05) is 21.0 Å². The highest BCUT2D eigenvalue weighted by atomic mass is 79.9. The number of aromatic nitrogens is 4. The molecule has 9 heteroatoms. The van der Waals surface area contributed by atoms with Crippen LogP contribution in [-0.2, 0) is 6.54 Å². The topological polar surface area (TPSA) is 100 Å². The molecule has 0 saturated heterocycles. The van der Waals surface area contributed by atoms with Gasteiger partial charge in [0.05, 0.1) is 20.8 Å². The van der Waals surface area contributed by atoms with Crippen molar-refractivity contribution in [3.05, 3.63) is 22.2 Å². The van der Waals surface area contributed by atoms with Gasteiger partial charge in [0.2, 0.25) is 0 Å². The molecular weight excluding hydrogens is 316 g/mol. The smallest absolute Gasteiger partial charge is 0.260 e. The molecule has 0 fully saturated rings. The number of ether oxygens (including phenoxy) is 2. The van der Waals surface area contributed by atoms with Crippen LogP contribution in [0.3, 0.4) is 0 Å². The minimum absolute atomic E-state index is 0.191. The van der Waals surface area contributed by atoms with E-state index in [4.69, 9.17) is 15.2 Å². The summed E-state index contributed by atoms with van der Waals surface area (Å²) in [5, 5.41) is 10.7. The molecule has 0 unspecified atom stereocenters. The van der Waals surface area contributed by atoms with Gasteiger partial charge in [-0.05, 0) is 28.1 Å². The van der Waals surface area contributed by atoms with E-state index in [0.717, 1.165) is 10.0 Å². The molecule has 2 aromatic rings. The lowest BCUT2D eigenvalue weighted by Gasteiger charge is -2.12. The fourth-order valence-electron chi connectivity index (χ4n) is 1.50. The van der Waals surface area contributed by atoms with Gasteiger partial charge in [-0.2, -0.15) is 0 Å². The van der Waals surface area contributed by atoms with Crippen LogP contribution < -0.4 is 20.6 Å². The van der Waals surface area contributed by atoms with Crippen LogP contribution in [0.4, 0.5) is 5.95 Å². The van der Waals surface area contributed by atoms with Gasteiger partial charge in [0.25, 0.3) is 5.95 Å². The molecule has 2 rings (SSSR count). The highest BCUT2D eigenvalue weighted by Crippen LogP contribution is 2.33. The SMILES string of the molecule is COc1cc(Br)c(CNn2nnnc2N)cc1OC. The summed E-state index contributed by atoms with van der Waals surface area (Å²) in [6, 6.07) is 3.69. The Hall–Kier alpha value is -2.03. The zero-order valence-corrected chi connectivity index (χ0v) is 12.0. The largest absolute Gasteiger partial charge is 0.493 e.